The van der Waals surface area contributed by atoms with E-state index in [0.29, 0.717) is 12.8 Å². The third-order valence-electron chi connectivity index (χ3n) is 3.74. The number of aliphatic hydroxyl groups excluding tert-OH is 4. The molecule has 19 heavy (non-hydrogen) atoms. The van der Waals surface area contributed by atoms with Gasteiger partial charge >= 0.3 is 0 Å². The molecule has 2 rings (SSSR count). The summed E-state index contributed by atoms with van der Waals surface area (Å²) in [7, 11) is 0. The van der Waals surface area contributed by atoms with Gasteiger partial charge in [-0.25, -0.2) is 0 Å². The monoisotopic (exact) mass is 278 g/mol. The highest BCUT2D eigenvalue weighted by Gasteiger charge is 2.46. The number of aliphatic hydroxyl groups is 4. The van der Waals surface area contributed by atoms with Crippen molar-refractivity contribution < 1.29 is 29.9 Å². The third-order valence-corrected chi connectivity index (χ3v) is 3.74. The summed E-state index contributed by atoms with van der Waals surface area (Å²) in [6.45, 7) is -0.426. The van der Waals surface area contributed by atoms with Gasteiger partial charge in [-0.05, 0) is 12.8 Å². The average molecular weight is 278 g/mol. The van der Waals surface area contributed by atoms with Crippen LogP contribution in [0.4, 0.5) is 0 Å². The molecule has 1 saturated carbocycles. The molecule has 1 aliphatic heterocycles. The summed E-state index contributed by atoms with van der Waals surface area (Å²) < 4.78 is 10.7. The molecule has 0 aromatic heterocycles. The number of hydrogen-bond acceptors (Lipinski definition) is 8. The van der Waals surface area contributed by atoms with E-state index in [1.807, 2.05) is 0 Å². The van der Waals surface area contributed by atoms with E-state index in [4.69, 9.17) is 26.0 Å². The van der Waals surface area contributed by atoms with Crippen molar-refractivity contribution >= 4 is 0 Å². The van der Waals surface area contributed by atoms with E-state index < -0.39 is 49.5 Å². The Balaban J connectivity index is 1.97. The standard InChI is InChI=1S/C11H22N2O6/c12-4-1-5(13)8(15)6(2-4)18-11-10(17)9(16)7(3-14)19-11/h4-11,14-17H,1-3,12-13H2/t4-,5+,6-,7?,8-,9+,10+,11+/m0/s1. The highest BCUT2D eigenvalue weighted by atomic mass is 16.7. The van der Waals surface area contributed by atoms with E-state index >= 15 is 0 Å². The van der Waals surface area contributed by atoms with Gasteiger partial charge in [0.2, 0.25) is 0 Å². The van der Waals surface area contributed by atoms with Gasteiger partial charge in [0.05, 0.1) is 18.8 Å². The van der Waals surface area contributed by atoms with Crippen LogP contribution in [0.1, 0.15) is 12.8 Å². The molecule has 0 bridgehead atoms. The van der Waals surface area contributed by atoms with E-state index in [1.54, 1.807) is 0 Å². The maximum atomic E-state index is 9.94. The van der Waals surface area contributed by atoms with Crippen molar-refractivity contribution in [2.45, 2.75) is 61.7 Å². The molecule has 8 atom stereocenters. The molecule has 2 fully saturated rings. The minimum absolute atomic E-state index is 0.194. The Labute approximate surface area is 110 Å². The van der Waals surface area contributed by atoms with Gasteiger partial charge in [-0.15, -0.1) is 0 Å². The lowest BCUT2D eigenvalue weighted by atomic mass is 9.87. The first kappa shape index (κ1) is 15.1. The number of hydrogen-bond donors (Lipinski definition) is 6. The molecule has 0 radical (unpaired) electrons. The van der Waals surface area contributed by atoms with Crippen LogP contribution in [0.25, 0.3) is 0 Å². The molecule has 1 heterocycles. The van der Waals surface area contributed by atoms with Crippen LogP contribution in [0.15, 0.2) is 0 Å². The molecule has 1 aliphatic carbocycles. The Kier molecular flexibility index (Phi) is 4.75. The Bertz CT molecular complexity index is 307. The van der Waals surface area contributed by atoms with Crippen molar-refractivity contribution in [3.8, 4) is 0 Å². The van der Waals surface area contributed by atoms with E-state index in [9.17, 15) is 15.3 Å². The number of rotatable bonds is 3. The van der Waals surface area contributed by atoms with Gasteiger partial charge in [0.15, 0.2) is 6.29 Å². The molecular weight excluding hydrogens is 256 g/mol. The second kappa shape index (κ2) is 5.98. The minimum atomic E-state index is -1.28. The van der Waals surface area contributed by atoms with Crippen molar-refractivity contribution in [1.82, 2.24) is 0 Å². The van der Waals surface area contributed by atoms with E-state index in [-0.39, 0.29) is 6.04 Å². The van der Waals surface area contributed by atoms with Gasteiger partial charge in [0.1, 0.15) is 18.3 Å². The third kappa shape index (κ3) is 3.06. The average Bonchev–Trinajstić information content (AvgIpc) is 2.63. The lowest BCUT2D eigenvalue weighted by Gasteiger charge is -2.37. The Morgan fingerprint density at radius 1 is 1.05 bits per heavy atom. The molecule has 1 unspecified atom stereocenters. The normalized spacial score (nSPS) is 51.5. The summed E-state index contributed by atoms with van der Waals surface area (Å²) in [5, 5.41) is 38.3. The number of ether oxygens (including phenoxy) is 2. The minimum Gasteiger partial charge on any atom is -0.394 e. The fourth-order valence-electron chi connectivity index (χ4n) is 2.58. The van der Waals surface area contributed by atoms with Crippen LogP contribution in [0, 0.1) is 0 Å². The van der Waals surface area contributed by atoms with Crippen LogP contribution in [0.5, 0.6) is 0 Å². The first-order valence-corrected chi connectivity index (χ1v) is 6.41. The topological polar surface area (TPSA) is 151 Å². The Morgan fingerprint density at radius 2 is 1.74 bits per heavy atom. The molecule has 8 N–H and O–H groups in total. The summed E-state index contributed by atoms with van der Waals surface area (Å²) in [5.74, 6) is 0. The second-order valence-corrected chi connectivity index (χ2v) is 5.27. The van der Waals surface area contributed by atoms with Crippen LogP contribution in [-0.4, -0.2) is 75.9 Å². The zero-order valence-electron chi connectivity index (χ0n) is 10.5. The van der Waals surface area contributed by atoms with Crippen molar-refractivity contribution in [1.29, 1.82) is 0 Å². The van der Waals surface area contributed by atoms with Crippen molar-refractivity contribution in [3.63, 3.8) is 0 Å². The molecular formula is C11H22N2O6. The largest absolute Gasteiger partial charge is 0.394 e. The molecule has 8 nitrogen and oxygen atoms in total. The fourth-order valence-corrected chi connectivity index (χ4v) is 2.58. The lowest BCUT2D eigenvalue weighted by molar-refractivity contribution is -0.219. The van der Waals surface area contributed by atoms with E-state index in [1.165, 1.54) is 0 Å². The van der Waals surface area contributed by atoms with Crippen LogP contribution in [0.2, 0.25) is 0 Å². The van der Waals surface area contributed by atoms with Crippen LogP contribution >= 0.6 is 0 Å². The first-order valence-electron chi connectivity index (χ1n) is 6.41. The predicted octanol–water partition coefficient (Wildman–Crippen LogP) is -3.38. The van der Waals surface area contributed by atoms with Crippen LogP contribution in [-0.2, 0) is 9.47 Å². The summed E-state index contributed by atoms with van der Waals surface area (Å²) in [6.07, 6.45) is -5.19. The van der Waals surface area contributed by atoms with Gasteiger partial charge in [-0.1, -0.05) is 0 Å². The summed E-state index contributed by atoms with van der Waals surface area (Å²) in [4.78, 5) is 0. The molecule has 2 aliphatic rings. The molecule has 0 aromatic rings. The van der Waals surface area contributed by atoms with E-state index in [0.717, 1.165) is 0 Å². The zero-order chi connectivity index (χ0) is 14.2. The first-order chi connectivity index (χ1) is 8.93. The van der Waals surface area contributed by atoms with Crippen molar-refractivity contribution in [2.75, 3.05) is 6.61 Å². The molecule has 0 aromatic carbocycles. The van der Waals surface area contributed by atoms with Gasteiger partial charge in [-0.2, -0.15) is 0 Å². The maximum Gasteiger partial charge on any atom is 0.187 e. The highest BCUT2D eigenvalue weighted by Crippen LogP contribution is 2.27. The quantitative estimate of drug-likeness (QED) is 0.313. The molecule has 1 saturated heterocycles. The predicted molar refractivity (Wildman–Crippen MR) is 63.8 cm³/mol. The lowest BCUT2D eigenvalue weighted by Crippen LogP contribution is -2.55. The van der Waals surface area contributed by atoms with Crippen LogP contribution < -0.4 is 11.5 Å². The molecule has 0 spiro atoms. The fraction of sp³-hybridized carbons (Fsp3) is 1.00. The Morgan fingerprint density at radius 3 is 2.32 bits per heavy atom. The summed E-state index contributed by atoms with van der Waals surface area (Å²) in [5.41, 5.74) is 11.5. The summed E-state index contributed by atoms with van der Waals surface area (Å²) in [6, 6.07) is -0.689. The number of nitrogens with two attached hydrogens (primary N) is 2. The Hall–Kier alpha value is -0.320. The van der Waals surface area contributed by atoms with Crippen molar-refractivity contribution in [2.24, 2.45) is 11.5 Å². The molecule has 112 valence electrons. The van der Waals surface area contributed by atoms with Gasteiger partial charge in [-0.3, -0.25) is 0 Å². The maximum absolute atomic E-state index is 9.94. The molecule has 0 amide bonds. The van der Waals surface area contributed by atoms with Gasteiger partial charge in [0.25, 0.3) is 0 Å². The molecule has 8 heteroatoms. The smallest absolute Gasteiger partial charge is 0.187 e. The zero-order valence-corrected chi connectivity index (χ0v) is 10.5. The van der Waals surface area contributed by atoms with Crippen LogP contribution in [0.3, 0.4) is 0 Å². The SMILES string of the molecule is N[C@H]1C[C@@H](N)[C@H](O)[C@@H](O[C@@H]2OC(CO)[C@@H](O)[C@H]2O)C1. The van der Waals surface area contributed by atoms with Crippen molar-refractivity contribution in [3.05, 3.63) is 0 Å². The van der Waals surface area contributed by atoms with Gasteiger partial charge in [0, 0.05) is 12.1 Å². The van der Waals surface area contributed by atoms with Gasteiger partial charge < -0.3 is 41.4 Å². The second-order valence-electron chi connectivity index (χ2n) is 5.27. The summed E-state index contributed by atoms with van der Waals surface area (Å²) >= 11 is 0. The van der Waals surface area contributed by atoms with E-state index in [2.05, 4.69) is 0 Å². The highest BCUT2D eigenvalue weighted by molar-refractivity contribution is 4.93.